The highest BCUT2D eigenvalue weighted by Crippen LogP contribution is 2.26. The fraction of sp³-hybridized carbons (Fsp3) is 0.417. The molecule has 0 fully saturated rings. The molecule has 2 aromatic rings. The van der Waals surface area contributed by atoms with Gasteiger partial charge in [0.05, 0.1) is 17.1 Å². The molecule has 2 N–H and O–H groups in total. The number of nitrogen functional groups attached to an aromatic ring is 1. The van der Waals surface area contributed by atoms with Crippen molar-refractivity contribution in [3.63, 3.8) is 0 Å². The lowest BCUT2D eigenvalue weighted by Gasteiger charge is -2.08. The molecule has 17 heavy (non-hydrogen) atoms. The molecule has 0 spiro atoms. The van der Waals surface area contributed by atoms with Gasteiger partial charge in [-0.15, -0.1) is 0 Å². The summed E-state index contributed by atoms with van der Waals surface area (Å²) in [5.41, 5.74) is 10.9. The van der Waals surface area contributed by atoms with Gasteiger partial charge in [-0.05, 0) is 33.1 Å². The third kappa shape index (κ3) is 1.42. The Morgan fingerprint density at radius 2 is 2.06 bits per heavy atom. The third-order valence-electron chi connectivity index (χ3n) is 3.40. The second-order valence-corrected chi connectivity index (χ2v) is 4.47. The standard InChI is InChI=1S/C12H15N5/c1-7-11(13)8(2)17(16-7)12-9-4-3-5-10(9)14-6-15-12/h6H,3-5,13H2,1-2H3. The van der Waals surface area contributed by atoms with E-state index in [0.29, 0.717) is 0 Å². The van der Waals surface area contributed by atoms with Crippen LogP contribution in [0.5, 0.6) is 0 Å². The third-order valence-corrected chi connectivity index (χ3v) is 3.40. The minimum Gasteiger partial charge on any atom is -0.396 e. The molecule has 0 radical (unpaired) electrons. The molecule has 0 aromatic carbocycles. The highest BCUT2D eigenvalue weighted by Gasteiger charge is 2.20. The van der Waals surface area contributed by atoms with Crippen molar-refractivity contribution in [2.45, 2.75) is 33.1 Å². The van der Waals surface area contributed by atoms with Crippen molar-refractivity contribution in [3.05, 3.63) is 29.0 Å². The lowest BCUT2D eigenvalue weighted by Crippen LogP contribution is -2.07. The highest BCUT2D eigenvalue weighted by molar-refractivity contribution is 5.51. The zero-order valence-electron chi connectivity index (χ0n) is 10.1. The number of nitrogens with zero attached hydrogens (tertiary/aromatic N) is 4. The normalized spacial score (nSPS) is 14.0. The van der Waals surface area contributed by atoms with Crippen molar-refractivity contribution in [1.82, 2.24) is 19.7 Å². The maximum Gasteiger partial charge on any atom is 0.160 e. The Bertz CT molecular complexity index is 585. The fourth-order valence-electron chi connectivity index (χ4n) is 2.39. The second kappa shape index (κ2) is 3.55. The molecule has 5 heteroatoms. The zero-order chi connectivity index (χ0) is 12.0. The summed E-state index contributed by atoms with van der Waals surface area (Å²) in [7, 11) is 0. The van der Waals surface area contributed by atoms with Crippen molar-refractivity contribution in [2.24, 2.45) is 0 Å². The number of rotatable bonds is 1. The number of anilines is 1. The van der Waals surface area contributed by atoms with Crippen LogP contribution >= 0.6 is 0 Å². The first-order chi connectivity index (χ1) is 8.18. The molecule has 0 atom stereocenters. The number of aryl methyl sites for hydroxylation is 2. The van der Waals surface area contributed by atoms with Gasteiger partial charge in [-0.1, -0.05) is 0 Å². The topological polar surface area (TPSA) is 69.6 Å². The number of hydrogen-bond donors (Lipinski definition) is 1. The van der Waals surface area contributed by atoms with Crippen LogP contribution in [-0.2, 0) is 12.8 Å². The van der Waals surface area contributed by atoms with E-state index in [1.165, 1.54) is 5.56 Å². The number of hydrogen-bond acceptors (Lipinski definition) is 4. The Morgan fingerprint density at radius 1 is 1.24 bits per heavy atom. The van der Waals surface area contributed by atoms with Gasteiger partial charge >= 0.3 is 0 Å². The Balaban J connectivity index is 2.22. The molecule has 0 saturated carbocycles. The summed E-state index contributed by atoms with van der Waals surface area (Å²) in [6.45, 7) is 3.89. The summed E-state index contributed by atoms with van der Waals surface area (Å²) >= 11 is 0. The Morgan fingerprint density at radius 3 is 2.76 bits per heavy atom. The van der Waals surface area contributed by atoms with Crippen LogP contribution in [-0.4, -0.2) is 19.7 Å². The average Bonchev–Trinajstić information content (AvgIpc) is 2.89. The van der Waals surface area contributed by atoms with Crippen molar-refractivity contribution in [3.8, 4) is 5.82 Å². The van der Waals surface area contributed by atoms with Crippen LogP contribution in [0.25, 0.3) is 5.82 Å². The number of aromatic nitrogens is 4. The molecule has 1 aliphatic carbocycles. The molecule has 2 aromatic heterocycles. The first-order valence-electron chi connectivity index (χ1n) is 5.83. The van der Waals surface area contributed by atoms with Gasteiger partial charge in [0.1, 0.15) is 6.33 Å². The van der Waals surface area contributed by atoms with Crippen molar-refractivity contribution in [2.75, 3.05) is 5.73 Å². The van der Waals surface area contributed by atoms with Crippen molar-refractivity contribution in [1.29, 1.82) is 0 Å². The molecule has 2 heterocycles. The van der Waals surface area contributed by atoms with Gasteiger partial charge in [0, 0.05) is 11.3 Å². The minimum absolute atomic E-state index is 0.746. The molecule has 0 amide bonds. The quantitative estimate of drug-likeness (QED) is 0.801. The van der Waals surface area contributed by atoms with Gasteiger partial charge in [0.2, 0.25) is 0 Å². The Labute approximate surface area is 99.7 Å². The van der Waals surface area contributed by atoms with E-state index in [4.69, 9.17) is 5.73 Å². The average molecular weight is 229 g/mol. The van der Waals surface area contributed by atoms with Crippen LogP contribution in [0, 0.1) is 13.8 Å². The molecule has 0 bridgehead atoms. The van der Waals surface area contributed by atoms with Crippen LogP contribution in [0.4, 0.5) is 5.69 Å². The predicted octanol–water partition coefficient (Wildman–Crippen LogP) is 1.35. The minimum atomic E-state index is 0.746. The first-order valence-corrected chi connectivity index (χ1v) is 5.83. The lowest BCUT2D eigenvalue weighted by atomic mass is 10.2. The van der Waals surface area contributed by atoms with E-state index in [-0.39, 0.29) is 0 Å². The van der Waals surface area contributed by atoms with Gasteiger partial charge in [-0.25, -0.2) is 14.6 Å². The zero-order valence-corrected chi connectivity index (χ0v) is 10.1. The molecule has 5 nitrogen and oxygen atoms in total. The highest BCUT2D eigenvalue weighted by atomic mass is 15.3. The van der Waals surface area contributed by atoms with Gasteiger partial charge in [0.25, 0.3) is 0 Å². The van der Waals surface area contributed by atoms with Crippen molar-refractivity contribution < 1.29 is 0 Å². The first kappa shape index (κ1) is 10.3. The summed E-state index contributed by atoms with van der Waals surface area (Å²) in [6, 6.07) is 0. The van der Waals surface area contributed by atoms with E-state index in [0.717, 1.165) is 47.8 Å². The van der Waals surface area contributed by atoms with Crippen LogP contribution < -0.4 is 5.73 Å². The maximum atomic E-state index is 5.96. The smallest absolute Gasteiger partial charge is 0.160 e. The van der Waals surface area contributed by atoms with Crippen LogP contribution in [0.2, 0.25) is 0 Å². The second-order valence-electron chi connectivity index (χ2n) is 4.47. The molecule has 0 aliphatic heterocycles. The number of nitrogens with two attached hydrogens (primary N) is 1. The van der Waals surface area contributed by atoms with E-state index >= 15 is 0 Å². The van der Waals surface area contributed by atoms with Crippen LogP contribution in [0.1, 0.15) is 29.1 Å². The van der Waals surface area contributed by atoms with E-state index < -0.39 is 0 Å². The molecule has 3 rings (SSSR count). The summed E-state index contributed by atoms with van der Waals surface area (Å²) in [5.74, 6) is 0.893. The largest absolute Gasteiger partial charge is 0.396 e. The lowest BCUT2D eigenvalue weighted by molar-refractivity contribution is 0.785. The van der Waals surface area contributed by atoms with Crippen LogP contribution in [0.3, 0.4) is 0 Å². The van der Waals surface area contributed by atoms with E-state index in [2.05, 4.69) is 15.1 Å². The SMILES string of the molecule is Cc1nn(-c2ncnc3c2CCC3)c(C)c1N. The predicted molar refractivity (Wildman–Crippen MR) is 65.1 cm³/mol. The Kier molecular flexibility index (Phi) is 2.14. The molecular formula is C12H15N5. The van der Waals surface area contributed by atoms with E-state index in [1.807, 2.05) is 18.5 Å². The fourth-order valence-corrected chi connectivity index (χ4v) is 2.39. The molecule has 1 aliphatic rings. The number of fused-ring (bicyclic) bond motifs is 1. The molecule has 88 valence electrons. The summed E-state index contributed by atoms with van der Waals surface area (Å²) in [5, 5.41) is 4.46. The van der Waals surface area contributed by atoms with E-state index in [9.17, 15) is 0 Å². The molecule has 0 unspecified atom stereocenters. The van der Waals surface area contributed by atoms with Gasteiger partial charge in [0.15, 0.2) is 5.82 Å². The Hall–Kier alpha value is -1.91. The monoisotopic (exact) mass is 229 g/mol. The summed E-state index contributed by atoms with van der Waals surface area (Å²) in [4.78, 5) is 8.69. The van der Waals surface area contributed by atoms with Gasteiger partial charge in [-0.2, -0.15) is 5.10 Å². The van der Waals surface area contributed by atoms with Crippen LogP contribution in [0.15, 0.2) is 6.33 Å². The van der Waals surface area contributed by atoms with Gasteiger partial charge < -0.3 is 5.73 Å². The van der Waals surface area contributed by atoms with Crippen molar-refractivity contribution >= 4 is 5.69 Å². The van der Waals surface area contributed by atoms with E-state index in [1.54, 1.807) is 6.33 Å². The van der Waals surface area contributed by atoms with Gasteiger partial charge in [-0.3, -0.25) is 0 Å². The molecule has 0 saturated heterocycles. The maximum absolute atomic E-state index is 5.96. The molecular weight excluding hydrogens is 214 g/mol. The summed E-state index contributed by atoms with van der Waals surface area (Å²) in [6.07, 6.45) is 4.84. The summed E-state index contributed by atoms with van der Waals surface area (Å²) < 4.78 is 1.84.